The zero-order chi connectivity index (χ0) is 28.1. The van der Waals surface area contributed by atoms with Gasteiger partial charge in [-0.25, -0.2) is 0 Å². The number of hydrogen-bond acceptors (Lipinski definition) is 6. The van der Waals surface area contributed by atoms with Crippen LogP contribution in [0.2, 0.25) is 0 Å². The van der Waals surface area contributed by atoms with Crippen molar-refractivity contribution in [3.8, 4) is 0 Å². The van der Waals surface area contributed by atoms with E-state index in [1.807, 2.05) is 36.4 Å². The SMILES string of the molecule is [Cl-].[Cl-].[Ru].c1cnc2c(c1)ccc1cccnc12.c1cnc2c(c1)ccc1cccnc12.c1cnc2c(c1)ccc1cccnc12. The first-order valence-electron chi connectivity index (χ1n) is 13.6. The molecular weight excluding hydrogens is 688 g/mol. The van der Waals surface area contributed by atoms with Gasteiger partial charge in [0.1, 0.15) is 0 Å². The van der Waals surface area contributed by atoms with Crippen molar-refractivity contribution in [1.29, 1.82) is 0 Å². The second-order valence-electron chi connectivity index (χ2n) is 9.65. The summed E-state index contributed by atoms with van der Waals surface area (Å²) in [5, 5.41) is 6.83. The van der Waals surface area contributed by atoms with Gasteiger partial charge in [-0.15, -0.1) is 0 Å². The molecule has 0 unspecified atom stereocenters. The van der Waals surface area contributed by atoms with Gasteiger partial charge < -0.3 is 24.8 Å². The Morgan fingerprint density at radius 2 is 0.400 bits per heavy atom. The third-order valence-electron chi connectivity index (χ3n) is 7.03. The van der Waals surface area contributed by atoms with E-state index in [9.17, 15) is 0 Å². The van der Waals surface area contributed by atoms with Gasteiger partial charge in [-0.1, -0.05) is 72.8 Å². The number of fused-ring (bicyclic) bond motifs is 9. The summed E-state index contributed by atoms with van der Waals surface area (Å²) >= 11 is 0. The van der Waals surface area contributed by atoms with Crippen LogP contribution in [0.25, 0.3) is 65.4 Å². The van der Waals surface area contributed by atoms with Crippen molar-refractivity contribution < 1.29 is 44.3 Å². The van der Waals surface area contributed by atoms with E-state index in [-0.39, 0.29) is 44.3 Å². The van der Waals surface area contributed by atoms with E-state index in [0.29, 0.717) is 0 Å². The van der Waals surface area contributed by atoms with Crippen LogP contribution in [-0.4, -0.2) is 29.9 Å². The zero-order valence-electron chi connectivity index (χ0n) is 23.6. The van der Waals surface area contributed by atoms with Crippen LogP contribution >= 0.6 is 0 Å². The fraction of sp³-hybridized carbons (Fsp3) is 0. The standard InChI is InChI=1S/3C12H8N2.2ClH.Ru/c3*1-3-9-5-6-10-4-2-8-14-12(10)11(9)13-7-1;;;/h3*1-8H;2*1H;/p-2. The van der Waals surface area contributed by atoms with Crippen molar-refractivity contribution in [2.24, 2.45) is 0 Å². The van der Waals surface area contributed by atoms with Gasteiger partial charge in [0.25, 0.3) is 0 Å². The fourth-order valence-corrected chi connectivity index (χ4v) is 5.04. The normalized spacial score (nSPS) is 10.1. The second kappa shape index (κ2) is 15.4. The Morgan fingerprint density at radius 3 is 0.556 bits per heavy atom. The van der Waals surface area contributed by atoms with Crippen LogP contribution in [0.5, 0.6) is 0 Å². The van der Waals surface area contributed by atoms with Gasteiger partial charge in [0.2, 0.25) is 0 Å². The molecule has 0 aliphatic carbocycles. The molecule has 6 nitrogen and oxygen atoms in total. The molecule has 3 aromatic carbocycles. The van der Waals surface area contributed by atoms with Crippen LogP contribution in [0.15, 0.2) is 146 Å². The second-order valence-corrected chi connectivity index (χ2v) is 9.65. The number of pyridine rings is 6. The van der Waals surface area contributed by atoms with Crippen LogP contribution in [-0.2, 0) is 19.5 Å². The molecule has 9 rings (SSSR count). The summed E-state index contributed by atoms with van der Waals surface area (Å²) in [5.41, 5.74) is 5.86. The molecule has 0 spiro atoms. The Balaban J connectivity index is 0.000000149. The van der Waals surface area contributed by atoms with E-state index < -0.39 is 0 Å². The molecule has 0 bridgehead atoms. The maximum atomic E-state index is 4.35. The number of rotatable bonds is 0. The number of aromatic nitrogens is 6. The molecule has 0 saturated carbocycles. The molecule has 0 atom stereocenters. The number of hydrogen-bond donors (Lipinski definition) is 0. The Kier molecular flexibility index (Phi) is 11.3. The van der Waals surface area contributed by atoms with Crippen LogP contribution in [0.1, 0.15) is 0 Å². The average molecular weight is 713 g/mol. The van der Waals surface area contributed by atoms with Crippen molar-refractivity contribution in [2.75, 3.05) is 0 Å². The molecule has 6 aromatic heterocycles. The largest absolute Gasteiger partial charge is 1.00 e. The first-order valence-corrected chi connectivity index (χ1v) is 13.6. The number of benzene rings is 3. The van der Waals surface area contributed by atoms with E-state index >= 15 is 0 Å². The van der Waals surface area contributed by atoms with Crippen LogP contribution in [0.3, 0.4) is 0 Å². The number of nitrogens with zero attached hydrogens (tertiary/aromatic N) is 6. The van der Waals surface area contributed by atoms with Crippen molar-refractivity contribution in [3.63, 3.8) is 0 Å². The molecule has 0 aliphatic rings. The first kappa shape index (κ1) is 33.2. The molecule has 0 aliphatic heterocycles. The van der Waals surface area contributed by atoms with Gasteiger partial charge in [0.15, 0.2) is 0 Å². The van der Waals surface area contributed by atoms with Gasteiger partial charge in [0, 0.05) is 89.0 Å². The van der Waals surface area contributed by atoms with Crippen LogP contribution in [0, 0.1) is 0 Å². The molecule has 9 aromatic rings. The summed E-state index contributed by atoms with van der Waals surface area (Å²) < 4.78 is 0. The Bertz CT molecular complexity index is 1920. The van der Waals surface area contributed by atoms with E-state index in [1.54, 1.807) is 37.2 Å². The Hall–Kier alpha value is -4.68. The van der Waals surface area contributed by atoms with Crippen molar-refractivity contribution in [2.45, 2.75) is 0 Å². The van der Waals surface area contributed by atoms with E-state index in [4.69, 9.17) is 0 Å². The maximum Gasteiger partial charge on any atom is 0.0964 e. The Morgan fingerprint density at radius 1 is 0.244 bits per heavy atom. The third-order valence-corrected chi connectivity index (χ3v) is 7.03. The van der Waals surface area contributed by atoms with Crippen molar-refractivity contribution in [1.82, 2.24) is 29.9 Å². The average Bonchev–Trinajstić information content (AvgIpc) is 3.09. The summed E-state index contributed by atoms with van der Waals surface area (Å²) in [4.78, 5) is 26.1. The molecule has 0 radical (unpaired) electrons. The van der Waals surface area contributed by atoms with E-state index in [2.05, 4.69) is 103 Å². The Labute approximate surface area is 284 Å². The molecule has 9 heteroatoms. The fourth-order valence-electron chi connectivity index (χ4n) is 5.04. The van der Waals surface area contributed by atoms with Gasteiger partial charge in [-0.2, -0.15) is 0 Å². The molecule has 222 valence electrons. The predicted octanol–water partition coefficient (Wildman–Crippen LogP) is 2.35. The minimum Gasteiger partial charge on any atom is -1.00 e. The van der Waals surface area contributed by atoms with Crippen molar-refractivity contribution in [3.05, 3.63) is 146 Å². The summed E-state index contributed by atoms with van der Waals surface area (Å²) in [5.74, 6) is 0. The molecule has 0 saturated heterocycles. The monoisotopic (exact) mass is 712 g/mol. The molecule has 6 heterocycles. The van der Waals surface area contributed by atoms with Gasteiger partial charge in [-0.3, -0.25) is 29.9 Å². The van der Waals surface area contributed by atoms with Crippen LogP contribution in [0.4, 0.5) is 0 Å². The van der Waals surface area contributed by atoms with Gasteiger partial charge in [0.05, 0.1) is 33.1 Å². The van der Waals surface area contributed by atoms with Crippen LogP contribution < -0.4 is 24.8 Å². The van der Waals surface area contributed by atoms with E-state index in [0.717, 1.165) is 65.4 Å². The molecular formula is C36H24Cl2N6Ru-2. The first-order chi connectivity index (χ1) is 20.8. The smallest absolute Gasteiger partial charge is 0.0964 e. The quantitative estimate of drug-likeness (QED) is 0.178. The van der Waals surface area contributed by atoms with Gasteiger partial charge in [-0.05, 0) is 36.4 Å². The molecule has 0 fully saturated rings. The topological polar surface area (TPSA) is 77.3 Å². The molecule has 45 heavy (non-hydrogen) atoms. The van der Waals surface area contributed by atoms with Gasteiger partial charge >= 0.3 is 0 Å². The minimum atomic E-state index is 0. The summed E-state index contributed by atoms with van der Waals surface area (Å²) in [7, 11) is 0. The summed E-state index contributed by atoms with van der Waals surface area (Å²) in [6.45, 7) is 0. The predicted molar refractivity (Wildman–Crippen MR) is 171 cm³/mol. The molecule has 0 N–H and O–H groups in total. The number of halogens is 2. The molecule has 0 amide bonds. The summed E-state index contributed by atoms with van der Waals surface area (Å²) in [6, 6.07) is 36.4. The van der Waals surface area contributed by atoms with Crippen molar-refractivity contribution >= 4 is 65.4 Å². The zero-order valence-corrected chi connectivity index (χ0v) is 26.9. The van der Waals surface area contributed by atoms with E-state index in [1.165, 1.54) is 0 Å². The third kappa shape index (κ3) is 7.02. The maximum absolute atomic E-state index is 4.35. The summed E-state index contributed by atoms with van der Waals surface area (Å²) in [6.07, 6.45) is 10.8. The minimum absolute atomic E-state index is 0.